The maximum absolute atomic E-state index is 5.78. The molecular formula is C9H14ClN3. The highest BCUT2D eigenvalue weighted by Gasteiger charge is 2.03. The van der Waals surface area contributed by atoms with Gasteiger partial charge in [0.25, 0.3) is 0 Å². The fourth-order valence-electron chi connectivity index (χ4n) is 1.15. The first-order valence-electron chi connectivity index (χ1n) is 4.27. The van der Waals surface area contributed by atoms with Crippen LogP contribution in [0.4, 0.5) is 11.5 Å². The van der Waals surface area contributed by atoms with Gasteiger partial charge in [0.05, 0.1) is 0 Å². The lowest BCUT2D eigenvalue weighted by Crippen LogP contribution is -2.19. The van der Waals surface area contributed by atoms with Crippen molar-refractivity contribution in [2.24, 2.45) is 0 Å². The first-order valence-corrected chi connectivity index (χ1v) is 4.65. The number of rotatable bonds is 3. The van der Waals surface area contributed by atoms with E-state index >= 15 is 0 Å². The highest BCUT2D eigenvalue weighted by molar-refractivity contribution is 6.29. The minimum atomic E-state index is 0.443. The average molecular weight is 200 g/mol. The van der Waals surface area contributed by atoms with Crippen LogP contribution in [0.15, 0.2) is 12.1 Å². The van der Waals surface area contributed by atoms with Crippen molar-refractivity contribution < 1.29 is 0 Å². The van der Waals surface area contributed by atoms with Crippen molar-refractivity contribution in [3.8, 4) is 0 Å². The van der Waals surface area contributed by atoms with E-state index in [0.717, 1.165) is 18.8 Å². The first-order chi connectivity index (χ1) is 6.13. The number of aromatic nitrogens is 1. The van der Waals surface area contributed by atoms with Crippen molar-refractivity contribution in [2.45, 2.75) is 13.3 Å². The van der Waals surface area contributed by atoms with Gasteiger partial charge in [-0.15, -0.1) is 0 Å². The third-order valence-electron chi connectivity index (χ3n) is 1.75. The van der Waals surface area contributed by atoms with Crippen LogP contribution in [0.25, 0.3) is 0 Å². The van der Waals surface area contributed by atoms with E-state index in [1.165, 1.54) is 0 Å². The van der Waals surface area contributed by atoms with Gasteiger partial charge in [-0.2, -0.15) is 0 Å². The quantitative estimate of drug-likeness (QED) is 0.759. The molecule has 3 nitrogen and oxygen atoms in total. The molecule has 0 radical (unpaired) electrons. The molecule has 0 bridgehead atoms. The van der Waals surface area contributed by atoms with Crippen molar-refractivity contribution in [3.63, 3.8) is 0 Å². The molecule has 0 atom stereocenters. The van der Waals surface area contributed by atoms with Crippen LogP contribution in [-0.2, 0) is 0 Å². The van der Waals surface area contributed by atoms with Crippen LogP contribution >= 0.6 is 11.6 Å². The molecule has 1 heterocycles. The van der Waals surface area contributed by atoms with Crippen LogP contribution in [0.5, 0.6) is 0 Å². The Kier molecular flexibility index (Phi) is 3.37. The highest BCUT2D eigenvalue weighted by atomic mass is 35.5. The van der Waals surface area contributed by atoms with Crippen molar-refractivity contribution in [1.82, 2.24) is 4.98 Å². The fourth-order valence-corrected chi connectivity index (χ4v) is 1.36. The van der Waals surface area contributed by atoms with E-state index < -0.39 is 0 Å². The monoisotopic (exact) mass is 199 g/mol. The molecule has 0 saturated heterocycles. The second-order valence-corrected chi connectivity index (χ2v) is 3.39. The van der Waals surface area contributed by atoms with Crippen molar-refractivity contribution in [2.75, 3.05) is 24.2 Å². The zero-order valence-corrected chi connectivity index (χ0v) is 8.67. The molecule has 1 rings (SSSR count). The molecule has 0 unspecified atom stereocenters. The molecule has 13 heavy (non-hydrogen) atoms. The Morgan fingerprint density at radius 2 is 2.23 bits per heavy atom. The van der Waals surface area contributed by atoms with Crippen LogP contribution in [0, 0.1) is 0 Å². The van der Waals surface area contributed by atoms with Gasteiger partial charge in [-0.25, -0.2) is 4.98 Å². The Morgan fingerprint density at radius 1 is 1.54 bits per heavy atom. The van der Waals surface area contributed by atoms with Crippen LogP contribution < -0.4 is 10.6 Å². The number of halogens is 1. The number of hydrogen-bond donors (Lipinski definition) is 1. The Balaban J connectivity index is 2.87. The van der Waals surface area contributed by atoms with Crippen LogP contribution in [0.1, 0.15) is 13.3 Å². The van der Waals surface area contributed by atoms with E-state index in [2.05, 4.69) is 11.9 Å². The molecule has 0 saturated carbocycles. The summed E-state index contributed by atoms with van der Waals surface area (Å²) in [5.41, 5.74) is 6.29. The summed E-state index contributed by atoms with van der Waals surface area (Å²) < 4.78 is 0. The number of nitrogens with zero attached hydrogens (tertiary/aromatic N) is 2. The first kappa shape index (κ1) is 10.1. The molecule has 0 aromatic carbocycles. The molecule has 0 aliphatic carbocycles. The zero-order valence-electron chi connectivity index (χ0n) is 7.92. The highest BCUT2D eigenvalue weighted by Crippen LogP contribution is 2.18. The second-order valence-electron chi connectivity index (χ2n) is 3.00. The van der Waals surface area contributed by atoms with Crippen molar-refractivity contribution in [1.29, 1.82) is 0 Å². The van der Waals surface area contributed by atoms with Crippen molar-refractivity contribution >= 4 is 23.1 Å². The zero-order chi connectivity index (χ0) is 9.84. The van der Waals surface area contributed by atoms with E-state index in [4.69, 9.17) is 17.3 Å². The van der Waals surface area contributed by atoms with E-state index in [-0.39, 0.29) is 0 Å². The standard InChI is InChI=1S/C9H14ClN3/c1-3-4-13(2)9-6-7(11)5-8(10)12-9/h5-6H,3-4H2,1-2H3,(H2,11,12). The SMILES string of the molecule is CCCN(C)c1cc(N)cc(Cl)n1. The minimum absolute atomic E-state index is 0.443. The van der Waals surface area contributed by atoms with Gasteiger partial charge < -0.3 is 10.6 Å². The molecule has 0 fully saturated rings. The summed E-state index contributed by atoms with van der Waals surface area (Å²) in [6.45, 7) is 3.07. The number of anilines is 2. The fraction of sp³-hybridized carbons (Fsp3) is 0.444. The third-order valence-corrected chi connectivity index (χ3v) is 1.95. The topological polar surface area (TPSA) is 42.1 Å². The molecule has 2 N–H and O–H groups in total. The summed E-state index contributed by atoms with van der Waals surface area (Å²) in [6.07, 6.45) is 1.07. The second kappa shape index (κ2) is 4.33. The predicted octanol–water partition coefficient (Wildman–Crippen LogP) is 2.16. The van der Waals surface area contributed by atoms with Crippen LogP contribution in [-0.4, -0.2) is 18.6 Å². The van der Waals surface area contributed by atoms with Crippen LogP contribution in [0.3, 0.4) is 0 Å². The van der Waals surface area contributed by atoms with E-state index in [9.17, 15) is 0 Å². The summed E-state index contributed by atoms with van der Waals surface area (Å²) in [5.74, 6) is 0.826. The molecule has 1 aromatic heterocycles. The molecule has 0 amide bonds. The lowest BCUT2D eigenvalue weighted by atomic mass is 10.3. The molecule has 1 aromatic rings. The Hall–Kier alpha value is -0.960. The number of pyridine rings is 1. The van der Waals surface area contributed by atoms with E-state index in [0.29, 0.717) is 10.8 Å². The predicted molar refractivity (Wildman–Crippen MR) is 57.2 cm³/mol. The molecule has 4 heteroatoms. The average Bonchev–Trinajstić information content (AvgIpc) is 2.03. The maximum atomic E-state index is 5.78. The Morgan fingerprint density at radius 3 is 2.77 bits per heavy atom. The Bertz CT molecular complexity index is 268. The summed E-state index contributed by atoms with van der Waals surface area (Å²) in [7, 11) is 1.97. The molecule has 0 aliphatic rings. The van der Waals surface area contributed by atoms with Crippen molar-refractivity contribution in [3.05, 3.63) is 17.3 Å². The summed E-state index contributed by atoms with van der Waals surface area (Å²) in [5, 5.41) is 0.443. The summed E-state index contributed by atoms with van der Waals surface area (Å²) in [4.78, 5) is 6.19. The van der Waals surface area contributed by atoms with Gasteiger partial charge in [-0.3, -0.25) is 0 Å². The third kappa shape index (κ3) is 2.77. The normalized spacial score (nSPS) is 10.1. The van der Waals surface area contributed by atoms with Gasteiger partial charge in [0, 0.05) is 25.3 Å². The van der Waals surface area contributed by atoms with Gasteiger partial charge in [0.1, 0.15) is 11.0 Å². The largest absolute Gasteiger partial charge is 0.399 e. The molecular weight excluding hydrogens is 186 g/mol. The maximum Gasteiger partial charge on any atom is 0.133 e. The number of hydrogen-bond acceptors (Lipinski definition) is 3. The molecule has 72 valence electrons. The smallest absolute Gasteiger partial charge is 0.133 e. The van der Waals surface area contributed by atoms with Gasteiger partial charge >= 0.3 is 0 Å². The van der Waals surface area contributed by atoms with Gasteiger partial charge in [0.2, 0.25) is 0 Å². The minimum Gasteiger partial charge on any atom is -0.399 e. The van der Waals surface area contributed by atoms with E-state index in [1.807, 2.05) is 18.0 Å². The summed E-state index contributed by atoms with van der Waals surface area (Å²) >= 11 is 5.78. The van der Waals surface area contributed by atoms with Gasteiger partial charge in [-0.1, -0.05) is 18.5 Å². The Labute approximate surface area is 83.5 Å². The van der Waals surface area contributed by atoms with Crippen LogP contribution in [0.2, 0.25) is 5.15 Å². The number of nitrogens with two attached hydrogens (primary N) is 1. The van der Waals surface area contributed by atoms with Gasteiger partial charge in [-0.05, 0) is 12.5 Å². The van der Waals surface area contributed by atoms with E-state index in [1.54, 1.807) is 6.07 Å². The summed E-state index contributed by atoms with van der Waals surface area (Å²) in [6, 6.07) is 3.46. The molecule has 0 spiro atoms. The van der Waals surface area contributed by atoms with Gasteiger partial charge in [0.15, 0.2) is 0 Å². The number of nitrogen functional groups attached to an aromatic ring is 1. The lowest BCUT2D eigenvalue weighted by Gasteiger charge is -2.17. The molecule has 0 aliphatic heterocycles. The lowest BCUT2D eigenvalue weighted by molar-refractivity contribution is 0.838.